The highest BCUT2D eigenvalue weighted by molar-refractivity contribution is 7.18. The maximum atomic E-state index is 12.9. The van der Waals surface area contributed by atoms with E-state index in [1.807, 2.05) is 60.4 Å². The van der Waals surface area contributed by atoms with Crippen molar-refractivity contribution < 1.29 is 9.53 Å². The van der Waals surface area contributed by atoms with E-state index in [9.17, 15) is 4.79 Å². The number of para-hydroxylation sites is 2. The zero-order valence-electron chi connectivity index (χ0n) is 15.3. The van der Waals surface area contributed by atoms with Gasteiger partial charge in [0.25, 0.3) is 0 Å². The van der Waals surface area contributed by atoms with Crippen molar-refractivity contribution in [3.05, 3.63) is 65.2 Å². The molecule has 27 heavy (non-hydrogen) atoms. The van der Waals surface area contributed by atoms with Crippen LogP contribution in [0.3, 0.4) is 0 Å². The van der Waals surface area contributed by atoms with Crippen molar-refractivity contribution in [1.29, 1.82) is 0 Å². The number of benzene rings is 2. The molecule has 0 radical (unpaired) electrons. The van der Waals surface area contributed by atoms with Crippen LogP contribution in [-0.2, 0) is 4.79 Å². The van der Waals surface area contributed by atoms with Gasteiger partial charge in [0.05, 0.1) is 22.9 Å². The van der Waals surface area contributed by atoms with Crippen LogP contribution in [0, 0.1) is 0 Å². The molecule has 0 spiro atoms. The predicted octanol–water partition coefficient (Wildman–Crippen LogP) is 5.07. The van der Waals surface area contributed by atoms with Crippen molar-refractivity contribution in [2.24, 2.45) is 0 Å². The van der Waals surface area contributed by atoms with E-state index in [4.69, 9.17) is 9.72 Å². The van der Waals surface area contributed by atoms with E-state index in [1.54, 1.807) is 17.4 Å². The van der Waals surface area contributed by atoms with Crippen molar-refractivity contribution in [3.8, 4) is 5.75 Å². The van der Waals surface area contributed by atoms with E-state index in [0.29, 0.717) is 6.61 Å². The average Bonchev–Trinajstić information content (AvgIpc) is 3.34. The quantitative estimate of drug-likeness (QED) is 0.582. The maximum absolute atomic E-state index is 12.9. The van der Waals surface area contributed by atoms with Crippen LogP contribution in [0.1, 0.15) is 36.4 Å². The van der Waals surface area contributed by atoms with Crippen LogP contribution in [0.2, 0.25) is 0 Å². The first-order valence-corrected chi connectivity index (χ1v) is 10.1. The van der Waals surface area contributed by atoms with E-state index in [2.05, 4.69) is 6.07 Å². The van der Waals surface area contributed by atoms with Gasteiger partial charge >= 0.3 is 0 Å². The number of nitrogens with zero attached hydrogens (tertiary/aromatic N) is 2. The Kier molecular flexibility index (Phi) is 5.21. The second kappa shape index (κ2) is 7.92. The van der Waals surface area contributed by atoms with Crippen molar-refractivity contribution >= 4 is 33.5 Å². The highest BCUT2D eigenvalue weighted by Crippen LogP contribution is 2.36. The number of ether oxygens (including phenoxy) is 1. The number of aromatic nitrogens is 1. The number of fused-ring (bicyclic) bond motifs is 1. The Labute approximate surface area is 163 Å². The molecule has 5 heteroatoms. The summed E-state index contributed by atoms with van der Waals surface area (Å²) in [4.78, 5) is 19.6. The molecule has 1 unspecified atom stereocenters. The Bertz CT molecular complexity index is 946. The van der Waals surface area contributed by atoms with Gasteiger partial charge in [-0.15, -0.1) is 11.3 Å². The molecule has 1 saturated heterocycles. The maximum Gasteiger partial charge on any atom is 0.247 e. The van der Waals surface area contributed by atoms with Crippen LogP contribution in [0.4, 0.5) is 0 Å². The van der Waals surface area contributed by atoms with Crippen LogP contribution < -0.4 is 4.74 Å². The summed E-state index contributed by atoms with van der Waals surface area (Å²) in [6.07, 6.45) is 5.48. The van der Waals surface area contributed by atoms with E-state index in [-0.39, 0.29) is 11.9 Å². The van der Waals surface area contributed by atoms with Crippen LogP contribution in [0.25, 0.3) is 16.3 Å². The van der Waals surface area contributed by atoms with Gasteiger partial charge in [-0.05, 0) is 44.0 Å². The first-order valence-electron chi connectivity index (χ1n) is 9.32. The zero-order valence-corrected chi connectivity index (χ0v) is 16.1. The molecular weight excluding hydrogens is 356 g/mol. The number of carbonyl (C=O) groups excluding carboxylic acids is 1. The predicted molar refractivity (Wildman–Crippen MR) is 110 cm³/mol. The standard InChI is InChI=1S/C22H22N2O2S/c1-2-26-19-11-5-3-8-16(19)13-14-21(25)24-15-7-10-18(24)22-23-17-9-4-6-12-20(17)27-22/h3-6,8-9,11-14,18H,2,7,10,15H2,1H3. The topological polar surface area (TPSA) is 42.4 Å². The van der Waals surface area contributed by atoms with Crippen LogP contribution in [-0.4, -0.2) is 28.9 Å². The number of carbonyl (C=O) groups is 1. The third kappa shape index (κ3) is 3.74. The lowest BCUT2D eigenvalue weighted by atomic mass is 10.2. The molecular formula is C22H22N2O2S. The summed E-state index contributed by atoms with van der Waals surface area (Å²) in [5.74, 6) is 0.830. The van der Waals surface area contributed by atoms with Gasteiger partial charge in [-0.1, -0.05) is 30.3 Å². The number of thiazole rings is 1. The second-order valence-corrected chi connectivity index (χ2v) is 7.58. The highest BCUT2D eigenvalue weighted by atomic mass is 32.1. The van der Waals surface area contributed by atoms with Crippen LogP contribution >= 0.6 is 11.3 Å². The normalized spacial score (nSPS) is 17.1. The van der Waals surface area contributed by atoms with E-state index < -0.39 is 0 Å². The first-order chi connectivity index (χ1) is 13.3. The average molecular weight is 378 g/mol. The number of amides is 1. The van der Waals surface area contributed by atoms with Crippen molar-refractivity contribution in [2.45, 2.75) is 25.8 Å². The van der Waals surface area contributed by atoms with Crippen molar-refractivity contribution in [2.75, 3.05) is 13.2 Å². The molecule has 1 atom stereocenters. The molecule has 3 aromatic rings. The minimum atomic E-state index is 0.0306. The van der Waals surface area contributed by atoms with Gasteiger partial charge in [0.1, 0.15) is 10.8 Å². The molecule has 0 N–H and O–H groups in total. The molecule has 0 saturated carbocycles. The Balaban J connectivity index is 1.54. The summed E-state index contributed by atoms with van der Waals surface area (Å²) in [7, 11) is 0. The molecule has 1 aromatic heterocycles. The SMILES string of the molecule is CCOc1ccccc1C=CC(=O)N1CCCC1c1nc2ccccc2s1. The zero-order chi connectivity index (χ0) is 18.6. The number of hydrogen-bond donors (Lipinski definition) is 0. The fourth-order valence-electron chi connectivity index (χ4n) is 3.48. The summed E-state index contributed by atoms with van der Waals surface area (Å²) >= 11 is 1.69. The number of hydrogen-bond acceptors (Lipinski definition) is 4. The largest absolute Gasteiger partial charge is 0.493 e. The third-order valence-electron chi connectivity index (χ3n) is 4.76. The molecule has 0 bridgehead atoms. The third-order valence-corrected chi connectivity index (χ3v) is 5.89. The summed E-state index contributed by atoms with van der Waals surface area (Å²) in [6, 6.07) is 16.0. The number of likely N-dealkylation sites (tertiary alicyclic amines) is 1. The number of rotatable bonds is 5. The fourth-order valence-corrected chi connectivity index (χ4v) is 4.60. The summed E-state index contributed by atoms with van der Waals surface area (Å²) < 4.78 is 6.81. The van der Waals surface area contributed by atoms with E-state index in [0.717, 1.165) is 41.2 Å². The highest BCUT2D eigenvalue weighted by Gasteiger charge is 2.31. The van der Waals surface area contributed by atoms with E-state index in [1.165, 1.54) is 4.70 Å². The monoisotopic (exact) mass is 378 g/mol. The van der Waals surface area contributed by atoms with Gasteiger partial charge in [0.15, 0.2) is 0 Å². The lowest BCUT2D eigenvalue weighted by Crippen LogP contribution is -2.28. The van der Waals surface area contributed by atoms with Gasteiger partial charge in [-0.3, -0.25) is 4.79 Å². The van der Waals surface area contributed by atoms with Gasteiger partial charge in [-0.2, -0.15) is 0 Å². The van der Waals surface area contributed by atoms with Gasteiger partial charge in [0, 0.05) is 18.2 Å². The van der Waals surface area contributed by atoms with E-state index >= 15 is 0 Å². The van der Waals surface area contributed by atoms with Crippen molar-refractivity contribution in [1.82, 2.24) is 9.88 Å². The Morgan fingerprint density at radius 1 is 1.26 bits per heavy atom. The molecule has 2 heterocycles. The molecule has 1 fully saturated rings. The minimum absolute atomic E-state index is 0.0306. The molecule has 1 aliphatic rings. The minimum Gasteiger partial charge on any atom is -0.493 e. The molecule has 2 aromatic carbocycles. The van der Waals surface area contributed by atoms with Crippen molar-refractivity contribution in [3.63, 3.8) is 0 Å². The fraction of sp³-hybridized carbons (Fsp3) is 0.273. The lowest BCUT2D eigenvalue weighted by Gasteiger charge is -2.21. The molecule has 4 nitrogen and oxygen atoms in total. The lowest BCUT2D eigenvalue weighted by molar-refractivity contribution is -0.126. The molecule has 4 rings (SSSR count). The molecule has 1 aliphatic heterocycles. The summed E-state index contributed by atoms with van der Waals surface area (Å²) in [5, 5.41) is 1.03. The molecule has 138 valence electrons. The smallest absolute Gasteiger partial charge is 0.247 e. The van der Waals surface area contributed by atoms with Gasteiger partial charge in [0.2, 0.25) is 5.91 Å². The van der Waals surface area contributed by atoms with Crippen LogP contribution in [0.5, 0.6) is 5.75 Å². The van der Waals surface area contributed by atoms with Gasteiger partial charge in [-0.25, -0.2) is 4.98 Å². The first kappa shape index (κ1) is 17.7. The van der Waals surface area contributed by atoms with Crippen LogP contribution in [0.15, 0.2) is 54.6 Å². The summed E-state index contributed by atoms with van der Waals surface area (Å²) in [6.45, 7) is 3.33. The Morgan fingerprint density at radius 3 is 2.93 bits per heavy atom. The molecule has 1 amide bonds. The Hall–Kier alpha value is -2.66. The second-order valence-electron chi connectivity index (χ2n) is 6.51. The molecule has 0 aliphatic carbocycles. The summed E-state index contributed by atoms with van der Waals surface area (Å²) in [5.41, 5.74) is 1.93. The van der Waals surface area contributed by atoms with Gasteiger partial charge < -0.3 is 9.64 Å². The Morgan fingerprint density at radius 2 is 2.07 bits per heavy atom.